The van der Waals surface area contributed by atoms with Crippen molar-refractivity contribution < 1.29 is 8.42 Å². The van der Waals surface area contributed by atoms with E-state index in [0.717, 1.165) is 18.4 Å². The lowest BCUT2D eigenvalue weighted by Gasteiger charge is -2.27. The number of hydrogen-bond acceptors (Lipinski definition) is 3. The van der Waals surface area contributed by atoms with Crippen molar-refractivity contribution in [2.75, 3.05) is 5.75 Å². The molecule has 0 aromatic heterocycles. The highest BCUT2D eigenvalue weighted by molar-refractivity contribution is 7.91. The van der Waals surface area contributed by atoms with Crippen molar-refractivity contribution in [3.8, 4) is 0 Å². The predicted molar refractivity (Wildman–Crippen MR) is 77.8 cm³/mol. The van der Waals surface area contributed by atoms with Gasteiger partial charge in [-0.3, -0.25) is 0 Å². The van der Waals surface area contributed by atoms with E-state index < -0.39 is 9.84 Å². The monoisotopic (exact) mass is 281 g/mol. The normalized spacial score (nSPS) is 19.3. The van der Waals surface area contributed by atoms with E-state index >= 15 is 0 Å². The summed E-state index contributed by atoms with van der Waals surface area (Å²) in [5, 5.41) is 0. The van der Waals surface area contributed by atoms with Crippen molar-refractivity contribution in [1.82, 2.24) is 0 Å². The fourth-order valence-electron chi connectivity index (χ4n) is 2.95. The van der Waals surface area contributed by atoms with Crippen LogP contribution < -0.4 is 5.73 Å². The lowest BCUT2D eigenvalue weighted by molar-refractivity contribution is 0.317. The highest BCUT2D eigenvalue weighted by atomic mass is 32.2. The van der Waals surface area contributed by atoms with Gasteiger partial charge in [0.2, 0.25) is 0 Å². The number of hydrogen-bond donors (Lipinski definition) is 1. The van der Waals surface area contributed by atoms with Crippen molar-refractivity contribution in [2.45, 2.75) is 50.0 Å². The zero-order valence-electron chi connectivity index (χ0n) is 11.5. The Bertz CT molecular complexity index is 519. The number of nitrogens with two attached hydrogens (primary N) is 1. The van der Waals surface area contributed by atoms with Crippen molar-refractivity contribution >= 4 is 9.84 Å². The Labute approximate surface area is 116 Å². The summed E-state index contributed by atoms with van der Waals surface area (Å²) in [6, 6.07) is 6.91. The zero-order chi connectivity index (χ0) is 13.9. The second-order valence-corrected chi connectivity index (χ2v) is 7.61. The van der Waals surface area contributed by atoms with Crippen LogP contribution in [0.2, 0.25) is 0 Å². The number of benzene rings is 1. The summed E-state index contributed by atoms with van der Waals surface area (Å²) >= 11 is 0. The van der Waals surface area contributed by atoms with E-state index in [0.29, 0.717) is 10.8 Å². The molecule has 1 atom stereocenters. The van der Waals surface area contributed by atoms with Gasteiger partial charge >= 0.3 is 0 Å². The fraction of sp³-hybridized carbons (Fsp3) is 0.600. The Kier molecular flexibility index (Phi) is 4.63. The Balaban J connectivity index is 2.11. The van der Waals surface area contributed by atoms with Crippen LogP contribution in [-0.2, 0) is 9.84 Å². The highest BCUT2D eigenvalue weighted by Crippen LogP contribution is 2.27. The predicted octanol–water partition coefficient (Wildman–Crippen LogP) is 2.68. The minimum absolute atomic E-state index is 0.0719. The molecule has 106 valence electrons. The van der Waals surface area contributed by atoms with E-state index in [-0.39, 0.29) is 11.8 Å². The highest BCUT2D eigenvalue weighted by Gasteiger charge is 2.27. The first-order chi connectivity index (χ1) is 9.00. The molecule has 0 spiro atoms. The summed E-state index contributed by atoms with van der Waals surface area (Å²) in [6.07, 6.45) is 5.77. The van der Waals surface area contributed by atoms with Gasteiger partial charge in [0, 0.05) is 6.04 Å². The first-order valence-corrected chi connectivity index (χ1v) is 8.70. The fourth-order valence-corrected chi connectivity index (χ4v) is 4.75. The molecular formula is C15H23NO2S. The number of rotatable bonds is 4. The lowest BCUT2D eigenvalue weighted by Crippen LogP contribution is -2.38. The first-order valence-electron chi connectivity index (χ1n) is 7.04. The third-order valence-corrected chi connectivity index (χ3v) is 6.05. The first kappa shape index (κ1) is 14.5. The minimum atomic E-state index is -3.26. The van der Waals surface area contributed by atoms with Crippen LogP contribution in [0, 0.1) is 12.8 Å². The van der Waals surface area contributed by atoms with Gasteiger partial charge in [0.25, 0.3) is 0 Å². The van der Waals surface area contributed by atoms with Crippen LogP contribution >= 0.6 is 0 Å². The SMILES string of the molecule is Cc1ccccc1S(=O)(=O)CC(N)C1CCCCC1. The molecule has 1 fully saturated rings. The molecule has 4 heteroatoms. The molecular weight excluding hydrogens is 258 g/mol. The maximum atomic E-state index is 12.4. The van der Waals surface area contributed by atoms with Crippen molar-refractivity contribution in [1.29, 1.82) is 0 Å². The maximum absolute atomic E-state index is 12.4. The van der Waals surface area contributed by atoms with E-state index in [4.69, 9.17) is 5.73 Å². The van der Waals surface area contributed by atoms with Crippen LogP contribution in [0.4, 0.5) is 0 Å². The molecule has 1 aliphatic rings. The van der Waals surface area contributed by atoms with Gasteiger partial charge in [-0.25, -0.2) is 8.42 Å². The number of sulfone groups is 1. The van der Waals surface area contributed by atoms with Crippen LogP contribution in [0.1, 0.15) is 37.7 Å². The molecule has 1 unspecified atom stereocenters. The molecule has 0 aliphatic heterocycles. The van der Waals surface area contributed by atoms with E-state index in [9.17, 15) is 8.42 Å². The summed E-state index contributed by atoms with van der Waals surface area (Å²) in [4.78, 5) is 0.432. The smallest absolute Gasteiger partial charge is 0.180 e. The Morgan fingerprint density at radius 1 is 1.21 bits per heavy atom. The van der Waals surface area contributed by atoms with E-state index in [1.165, 1.54) is 19.3 Å². The summed E-state index contributed by atoms with van der Waals surface area (Å²) in [5.74, 6) is 0.440. The van der Waals surface area contributed by atoms with Crippen molar-refractivity contribution in [2.24, 2.45) is 11.7 Å². The van der Waals surface area contributed by atoms with Crippen LogP contribution in [0.15, 0.2) is 29.2 Å². The van der Waals surface area contributed by atoms with Gasteiger partial charge in [-0.1, -0.05) is 37.5 Å². The van der Waals surface area contributed by atoms with Crippen molar-refractivity contribution in [3.63, 3.8) is 0 Å². The second-order valence-electron chi connectivity index (χ2n) is 5.61. The van der Waals surface area contributed by atoms with Gasteiger partial charge < -0.3 is 5.73 Å². The van der Waals surface area contributed by atoms with Crippen LogP contribution in [-0.4, -0.2) is 20.2 Å². The molecule has 0 heterocycles. The van der Waals surface area contributed by atoms with E-state index in [1.807, 2.05) is 19.1 Å². The summed E-state index contributed by atoms with van der Waals surface area (Å²) < 4.78 is 24.9. The molecule has 0 bridgehead atoms. The third kappa shape index (κ3) is 3.57. The molecule has 2 rings (SSSR count). The molecule has 3 nitrogen and oxygen atoms in total. The Morgan fingerprint density at radius 3 is 2.47 bits per heavy atom. The van der Waals surface area contributed by atoms with E-state index in [2.05, 4.69) is 0 Å². The van der Waals surface area contributed by atoms with Gasteiger partial charge in [-0.05, 0) is 37.3 Å². The van der Waals surface area contributed by atoms with Crippen LogP contribution in [0.3, 0.4) is 0 Å². The van der Waals surface area contributed by atoms with Gasteiger partial charge in [0.15, 0.2) is 9.84 Å². The quantitative estimate of drug-likeness (QED) is 0.923. The average molecular weight is 281 g/mol. The van der Waals surface area contributed by atoms with Gasteiger partial charge in [0.05, 0.1) is 10.6 Å². The standard InChI is InChI=1S/C15H23NO2S/c1-12-7-5-6-10-15(12)19(17,18)11-14(16)13-8-3-2-4-9-13/h5-7,10,13-14H,2-4,8-9,11,16H2,1H3. The van der Waals surface area contributed by atoms with Gasteiger partial charge in [-0.15, -0.1) is 0 Å². The minimum Gasteiger partial charge on any atom is -0.327 e. The van der Waals surface area contributed by atoms with Crippen molar-refractivity contribution in [3.05, 3.63) is 29.8 Å². The largest absolute Gasteiger partial charge is 0.327 e. The average Bonchev–Trinajstić information content (AvgIpc) is 2.39. The topological polar surface area (TPSA) is 60.2 Å². The number of aryl methyl sites for hydroxylation is 1. The maximum Gasteiger partial charge on any atom is 0.180 e. The Morgan fingerprint density at radius 2 is 1.84 bits per heavy atom. The molecule has 1 aromatic carbocycles. The van der Waals surface area contributed by atoms with Crippen LogP contribution in [0.5, 0.6) is 0 Å². The molecule has 0 saturated heterocycles. The van der Waals surface area contributed by atoms with Crippen LogP contribution in [0.25, 0.3) is 0 Å². The molecule has 1 aliphatic carbocycles. The summed E-state index contributed by atoms with van der Waals surface area (Å²) in [7, 11) is -3.26. The third-order valence-electron chi connectivity index (χ3n) is 4.10. The lowest BCUT2D eigenvalue weighted by atomic mass is 9.85. The Hall–Kier alpha value is -0.870. The molecule has 0 amide bonds. The molecule has 1 aromatic rings. The van der Waals surface area contributed by atoms with E-state index in [1.54, 1.807) is 12.1 Å². The van der Waals surface area contributed by atoms with Gasteiger partial charge in [0.1, 0.15) is 0 Å². The molecule has 19 heavy (non-hydrogen) atoms. The summed E-state index contributed by atoms with van der Waals surface area (Å²) in [6.45, 7) is 1.83. The summed E-state index contributed by atoms with van der Waals surface area (Å²) in [5.41, 5.74) is 6.95. The molecule has 0 radical (unpaired) electrons. The van der Waals surface area contributed by atoms with Gasteiger partial charge in [-0.2, -0.15) is 0 Å². The molecule has 1 saturated carbocycles. The second kappa shape index (κ2) is 6.06. The zero-order valence-corrected chi connectivity index (χ0v) is 12.3. The molecule has 2 N–H and O–H groups in total.